The van der Waals surface area contributed by atoms with Crippen LogP contribution in [0.2, 0.25) is 0 Å². The fourth-order valence-electron chi connectivity index (χ4n) is 3.66. The summed E-state index contributed by atoms with van der Waals surface area (Å²) in [6.07, 6.45) is 0. The molecule has 1 amide bonds. The Morgan fingerprint density at radius 2 is 1.36 bits per heavy atom. The first-order valence-electron chi connectivity index (χ1n) is 10.1. The molecule has 1 unspecified atom stereocenters. The van der Waals surface area contributed by atoms with Gasteiger partial charge in [-0.25, -0.2) is 4.79 Å². The zero-order valence-corrected chi connectivity index (χ0v) is 17.6. The zero-order chi connectivity index (χ0) is 23.4. The van der Waals surface area contributed by atoms with Crippen molar-refractivity contribution in [3.63, 3.8) is 0 Å². The van der Waals surface area contributed by atoms with Gasteiger partial charge in [-0.1, -0.05) is 78.9 Å². The van der Waals surface area contributed by atoms with Gasteiger partial charge in [0, 0.05) is 18.2 Å². The summed E-state index contributed by atoms with van der Waals surface area (Å²) in [7, 11) is 0. The van der Waals surface area contributed by atoms with Gasteiger partial charge in [0.05, 0.1) is 5.57 Å². The number of ketones is 1. The lowest BCUT2D eigenvalue weighted by Gasteiger charge is -2.29. The van der Waals surface area contributed by atoms with Crippen molar-refractivity contribution in [2.24, 2.45) is 0 Å². The van der Waals surface area contributed by atoms with Gasteiger partial charge in [-0.2, -0.15) is 0 Å². The van der Waals surface area contributed by atoms with Gasteiger partial charge < -0.3 is 14.8 Å². The van der Waals surface area contributed by atoms with E-state index in [-0.39, 0.29) is 16.7 Å². The molecule has 0 radical (unpaired) electrons. The standard InChI is InChI=1S/C26H19NO6/c1-17(28)32-26(19-13-7-3-8-14-19)22(23(29)25(31)33-26)21(18-11-5-2-6-12-18)24(30)27-20-15-9-4-10-16-20/h2-16H,1H3,(H,27,30)/b22-21+. The topological polar surface area (TPSA) is 98.8 Å². The molecule has 7 nitrogen and oxygen atoms in total. The zero-order valence-electron chi connectivity index (χ0n) is 17.6. The molecule has 0 aromatic heterocycles. The maximum atomic E-state index is 13.5. The maximum absolute atomic E-state index is 13.5. The number of anilines is 1. The van der Waals surface area contributed by atoms with Crippen LogP contribution in [0.25, 0.3) is 5.57 Å². The van der Waals surface area contributed by atoms with Gasteiger partial charge >= 0.3 is 17.7 Å². The predicted octanol–water partition coefficient (Wildman–Crippen LogP) is 3.62. The van der Waals surface area contributed by atoms with Crippen molar-refractivity contribution in [1.29, 1.82) is 0 Å². The summed E-state index contributed by atoms with van der Waals surface area (Å²) in [4.78, 5) is 51.3. The first-order valence-corrected chi connectivity index (χ1v) is 10.1. The summed E-state index contributed by atoms with van der Waals surface area (Å²) in [5.41, 5.74) is 0.538. The van der Waals surface area contributed by atoms with Crippen molar-refractivity contribution < 1.29 is 28.7 Å². The molecule has 1 atom stereocenters. The second-order valence-corrected chi connectivity index (χ2v) is 7.23. The van der Waals surface area contributed by atoms with Crippen molar-refractivity contribution in [2.75, 3.05) is 5.32 Å². The van der Waals surface area contributed by atoms with Gasteiger partial charge in [0.2, 0.25) is 0 Å². The van der Waals surface area contributed by atoms with E-state index >= 15 is 0 Å². The molecule has 1 fully saturated rings. The maximum Gasteiger partial charge on any atom is 0.383 e. The third kappa shape index (κ3) is 4.16. The lowest BCUT2D eigenvalue weighted by atomic mass is 9.88. The molecule has 33 heavy (non-hydrogen) atoms. The largest absolute Gasteiger partial charge is 0.414 e. The number of carbonyl (C=O) groups is 4. The Morgan fingerprint density at radius 1 is 0.818 bits per heavy atom. The Bertz CT molecular complexity index is 1250. The van der Waals surface area contributed by atoms with E-state index < -0.39 is 29.4 Å². The number of amides is 1. The van der Waals surface area contributed by atoms with E-state index in [1.807, 2.05) is 0 Å². The van der Waals surface area contributed by atoms with Gasteiger partial charge in [-0.05, 0) is 17.7 Å². The van der Waals surface area contributed by atoms with Gasteiger partial charge in [-0.15, -0.1) is 0 Å². The monoisotopic (exact) mass is 441 g/mol. The molecule has 1 heterocycles. The lowest BCUT2D eigenvalue weighted by molar-refractivity contribution is -0.206. The van der Waals surface area contributed by atoms with E-state index in [1.165, 1.54) is 0 Å². The van der Waals surface area contributed by atoms with Crippen LogP contribution < -0.4 is 5.32 Å². The number of esters is 2. The number of hydrogen-bond donors (Lipinski definition) is 1. The molecule has 7 heteroatoms. The summed E-state index contributed by atoms with van der Waals surface area (Å²) in [5.74, 6) is -5.96. The van der Waals surface area contributed by atoms with Crippen LogP contribution in [0.15, 0.2) is 96.6 Å². The number of rotatable bonds is 5. The number of Topliss-reactive ketones (excluding diaryl/α,β-unsaturated/α-hetero) is 1. The van der Waals surface area contributed by atoms with E-state index in [4.69, 9.17) is 9.47 Å². The van der Waals surface area contributed by atoms with E-state index in [2.05, 4.69) is 5.32 Å². The Hall–Kier alpha value is -4.52. The number of nitrogens with one attached hydrogen (secondary N) is 1. The molecule has 1 saturated heterocycles. The third-order valence-electron chi connectivity index (χ3n) is 4.99. The predicted molar refractivity (Wildman–Crippen MR) is 119 cm³/mol. The van der Waals surface area contributed by atoms with Gasteiger partial charge in [0.15, 0.2) is 0 Å². The first kappa shape index (κ1) is 21.7. The molecule has 0 aliphatic carbocycles. The molecule has 164 valence electrons. The normalized spacial score (nSPS) is 18.9. The number of carbonyl (C=O) groups excluding carboxylic acids is 4. The van der Waals surface area contributed by atoms with Gasteiger partial charge in [0.25, 0.3) is 11.7 Å². The van der Waals surface area contributed by atoms with Crippen LogP contribution in [0.4, 0.5) is 5.69 Å². The number of cyclic esters (lactones) is 1. The first-order chi connectivity index (χ1) is 15.9. The Labute approximate surface area is 189 Å². The molecule has 3 aromatic rings. The van der Waals surface area contributed by atoms with Crippen molar-refractivity contribution in [2.45, 2.75) is 12.7 Å². The molecule has 0 spiro atoms. The third-order valence-corrected chi connectivity index (χ3v) is 4.99. The van der Waals surface area contributed by atoms with Crippen molar-refractivity contribution in [1.82, 2.24) is 0 Å². The highest BCUT2D eigenvalue weighted by atomic mass is 16.7. The number of hydrogen-bond acceptors (Lipinski definition) is 6. The van der Waals surface area contributed by atoms with E-state index in [0.717, 1.165) is 6.92 Å². The highest BCUT2D eigenvalue weighted by Crippen LogP contribution is 2.45. The van der Waals surface area contributed by atoms with E-state index in [0.29, 0.717) is 11.3 Å². The van der Waals surface area contributed by atoms with E-state index in [9.17, 15) is 19.2 Å². The fraction of sp³-hybridized carbons (Fsp3) is 0.0769. The molecule has 0 bridgehead atoms. The molecule has 0 saturated carbocycles. The minimum Gasteiger partial charge on any atom is -0.414 e. The van der Waals surface area contributed by atoms with Gasteiger partial charge in [-0.3, -0.25) is 14.4 Å². The van der Waals surface area contributed by atoms with Crippen LogP contribution in [0, 0.1) is 0 Å². The Kier molecular flexibility index (Phi) is 5.87. The summed E-state index contributed by atoms with van der Waals surface area (Å²) in [5, 5.41) is 2.74. The molecule has 3 aromatic carbocycles. The molecular weight excluding hydrogens is 422 g/mol. The van der Waals surface area contributed by atoms with Crippen LogP contribution in [0.3, 0.4) is 0 Å². The quantitative estimate of drug-likeness (QED) is 0.369. The number of ether oxygens (including phenoxy) is 2. The Morgan fingerprint density at radius 3 is 1.94 bits per heavy atom. The van der Waals surface area contributed by atoms with Crippen LogP contribution >= 0.6 is 0 Å². The van der Waals surface area contributed by atoms with E-state index in [1.54, 1.807) is 91.0 Å². The average Bonchev–Trinajstić information content (AvgIpc) is 3.06. The molecule has 1 N–H and O–H groups in total. The number of benzene rings is 3. The highest BCUT2D eigenvalue weighted by molar-refractivity contribution is 6.48. The molecule has 1 aliphatic rings. The SMILES string of the molecule is CC(=O)OC1(c2ccccc2)OC(=O)C(=O)/C1=C(\C(=O)Nc1ccccc1)c1ccccc1. The Balaban J connectivity index is 2.01. The van der Waals surface area contributed by atoms with Crippen LogP contribution in [-0.4, -0.2) is 23.6 Å². The lowest BCUT2D eigenvalue weighted by Crippen LogP contribution is -2.35. The minimum absolute atomic E-state index is 0.139. The van der Waals surface area contributed by atoms with Gasteiger partial charge in [0.1, 0.15) is 5.57 Å². The molecular formula is C26H19NO6. The van der Waals surface area contributed by atoms with Crippen LogP contribution in [0.1, 0.15) is 18.1 Å². The fourth-order valence-corrected chi connectivity index (χ4v) is 3.66. The van der Waals surface area contributed by atoms with Crippen LogP contribution in [-0.2, 0) is 34.4 Å². The number of para-hydroxylation sites is 1. The average molecular weight is 441 g/mol. The van der Waals surface area contributed by atoms with Crippen molar-refractivity contribution in [3.05, 3.63) is 108 Å². The minimum atomic E-state index is -2.21. The molecule has 1 aliphatic heterocycles. The summed E-state index contributed by atoms with van der Waals surface area (Å²) in [6, 6.07) is 25.1. The summed E-state index contributed by atoms with van der Waals surface area (Å²) >= 11 is 0. The van der Waals surface area contributed by atoms with Crippen molar-refractivity contribution >= 4 is 34.9 Å². The summed E-state index contributed by atoms with van der Waals surface area (Å²) in [6.45, 7) is 1.13. The summed E-state index contributed by atoms with van der Waals surface area (Å²) < 4.78 is 10.9. The highest BCUT2D eigenvalue weighted by Gasteiger charge is 2.58. The second kappa shape index (κ2) is 8.92. The smallest absolute Gasteiger partial charge is 0.383 e. The van der Waals surface area contributed by atoms with Crippen molar-refractivity contribution in [3.8, 4) is 0 Å². The second-order valence-electron chi connectivity index (χ2n) is 7.23. The van der Waals surface area contributed by atoms with Crippen LogP contribution in [0.5, 0.6) is 0 Å². The molecule has 4 rings (SSSR count).